The Morgan fingerprint density at radius 2 is 2.25 bits per heavy atom. The maximum atomic E-state index is 12.7. The van der Waals surface area contributed by atoms with Crippen LogP contribution < -0.4 is 11.3 Å². The molecule has 0 radical (unpaired) electrons. The SMILES string of the molecule is CCOCCCN=C(NN)N1CCCC(C(F)(F)F)C1. The van der Waals surface area contributed by atoms with Crippen molar-refractivity contribution in [2.75, 3.05) is 32.8 Å². The maximum absolute atomic E-state index is 12.7. The number of rotatable bonds is 5. The van der Waals surface area contributed by atoms with Crippen molar-refractivity contribution in [1.29, 1.82) is 0 Å². The van der Waals surface area contributed by atoms with Gasteiger partial charge in [-0.3, -0.25) is 10.4 Å². The predicted octanol–water partition coefficient (Wildman–Crippen LogP) is 1.51. The summed E-state index contributed by atoms with van der Waals surface area (Å²) in [5.74, 6) is 4.39. The number of halogens is 3. The molecule has 1 aliphatic rings. The van der Waals surface area contributed by atoms with Gasteiger partial charge in [-0.2, -0.15) is 13.2 Å². The molecule has 0 aromatic rings. The fraction of sp³-hybridized carbons (Fsp3) is 0.917. The number of nitrogens with zero attached hydrogens (tertiary/aromatic N) is 2. The Hall–Kier alpha value is -1.02. The Labute approximate surface area is 117 Å². The minimum absolute atomic E-state index is 0.0853. The quantitative estimate of drug-likeness (QED) is 0.265. The molecule has 1 fully saturated rings. The van der Waals surface area contributed by atoms with E-state index in [0.717, 1.165) is 6.42 Å². The highest BCUT2D eigenvalue weighted by atomic mass is 19.4. The molecule has 8 heteroatoms. The highest BCUT2D eigenvalue weighted by molar-refractivity contribution is 5.79. The van der Waals surface area contributed by atoms with Crippen molar-refractivity contribution in [2.45, 2.75) is 32.4 Å². The summed E-state index contributed by atoms with van der Waals surface area (Å²) in [7, 11) is 0. The average molecular weight is 296 g/mol. The molecule has 0 spiro atoms. The first-order valence-electron chi connectivity index (χ1n) is 6.89. The van der Waals surface area contributed by atoms with Crippen LogP contribution in [-0.4, -0.2) is 49.9 Å². The molecule has 0 amide bonds. The van der Waals surface area contributed by atoms with Crippen molar-refractivity contribution in [2.24, 2.45) is 16.8 Å². The maximum Gasteiger partial charge on any atom is 0.393 e. The van der Waals surface area contributed by atoms with E-state index in [1.165, 1.54) is 0 Å². The van der Waals surface area contributed by atoms with E-state index in [-0.39, 0.29) is 13.0 Å². The molecule has 1 saturated heterocycles. The van der Waals surface area contributed by atoms with E-state index in [2.05, 4.69) is 10.4 Å². The number of aliphatic imine (C=N–C) groups is 1. The topological polar surface area (TPSA) is 62.9 Å². The van der Waals surface area contributed by atoms with Gasteiger partial charge in [-0.1, -0.05) is 0 Å². The van der Waals surface area contributed by atoms with Crippen LogP contribution in [0.2, 0.25) is 0 Å². The fourth-order valence-corrected chi connectivity index (χ4v) is 2.17. The molecule has 3 N–H and O–H groups in total. The first-order chi connectivity index (χ1) is 9.49. The number of hydrogen-bond donors (Lipinski definition) is 2. The van der Waals surface area contributed by atoms with Crippen LogP contribution >= 0.6 is 0 Å². The molecule has 0 aromatic carbocycles. The summed E-state index contributed by atoms with van der Waals surface area (Å²) in [6.07, 6.45) is -2.78. The molecule has 1 rings (SSSR count). The monoisotopic (exact) mass is 296 g/mol. The van der Waals surface area contributed by atoms with Gasteiger partial charge in [0.05, 0.1) is 5.92 Å². The number of guanidine groups is 1. The molecule has 1 atom stereocenters. The molecule has 1 heterocycles. The number of hydrazine groups is 1. The van der Waals surface area contributed by atoms with Gasteiger partial charge < -0.3 is 9.64 Å². The summed E-state index contributed by atoms with van der Waals surface area (Å²) in [6, 6.07) is 0. The molecule has 0 aliphatic carbocycles. The van der Waals surface area contributed by atoms with Gasteiger partial charge >= 0.3 is 6.18 Å². The lowest BCUT2D eigenvalue weighted by molar-refractivity contribution is -0.183. The summed E-state index contributed by atoms with van der Waals surface area (Å²) >= 11 is 0. The molecule has 20 heavy (non-hydrogen) atoms. The molecule has 0 aromatic heterocycles. The van der Waals surface area contributed by atoms with Crippen molar-refractivity contribution < 1.29 is 17.9 Å². The van der Waals surface area contributed by atoms with Crippen LogP contribution in [0.25, 0.3) is 0 Å². The van der Waals surface area contributed by atoms with Gasteiger partial charge in [0.25, 0.3) is 0 Å². The zero-order valence-electron chi connectivity index (χ0n) is 11.7. The van der Waals surface area contributed by atoms with E-state index in [0.29, 0.717) is 38.7 Å². The second kappa shape index (κ2) is 8.31. The Morgan fingerprint density at radius 1 is 1.50 bits per heavy atom. The fourth-order valence-electron chi connectivity index (χ4n) is 2.17. The molecule has 118 valence electrons. The zero-order valence-corrected chi connectivity index (χ0v) is 11.7. The van der Waals surface area contributed by atoms with Crippen LogP contribution in [0.4, 0.5) is 13.2 Å². The van der Waals surface area contributed by atoms with E-state index in [1.54, 1.807) is 4.90 Å². The second-order valence-corrected chi connectivity index (χ2v) is 4.73. The van der Waals surface area contributed by atoms with Crippen molar-refractivity contribution in [1.82, 2.24) is 10.3 Å². The van der Waals surface area contributed by atoms with Gasteiger partial charge in [0.2, 0.25) is 5.96 Å². The number of alkyl halides is 3. The van der Waals surface area contributed by atoms with Gasteiger partial charge in [0.1, 0.15) is 0 Å². The number of nitrogens with two attached hydrogens (primary N) is 1. The highest BCUT2D eigenvalue weighted by Gasteiger charge is 2.42. The van der Waals surface area contributed by atoms with Crippen LogP contribution in [0.15, 0.2) is 4.99 Å². The Morgan fingerprint density at radius 3 is 2.85 bits per heavy atom. The number of likely N-dealkylation sites (tertiary alicyclic amines) is 1. The van der Waals surface area contributed by atoms with Crippen LogP contribution in [0.1, 0.15) is 26.2 Å². The van der Waals surface area contributed by atoms with Crippen molar-refractivity contribution in [3.05, 3.63) is 0 Å². The lowest BCUT2D eigenvalue weighted by Crippen LogP contribution is -2.51. The number of piperidine rings is 1. The molecule has 0 bridgehead atoms. The number of hydrogen-bond acceptors (Lipinski definition) is 3. The van der Waals surface area contributed by atoms with Crippen LogP contribution in [0.3, 0.4) is 0 Å². The largest absolute Gasteiger partial charge is 0.393 e. The van der Waals surface area contributed by atoms with E-state index >= 15 is 0 Å². The third kappa shape index (κ3) is 5.54. The Balaban J connectivity index is 2.49. The van der Waals surface area contributed by atoms with Gasteiger partial charge in [-0.25, -0.2) is 5.84 Å². The first kappa shape index (κ1) is 17.0. The van der Waals surface area contributed by atoms with Crippen molar-refractivity contribution in [3.63, 3.8) is 0 Å². The van der Waals surface area contributed by atoms with E-state index in [9.17, 15) is 13.2 Å². The van der Waals surface area contributed by atoms with E-state index in [4.69, 9.17) is 10.6 Å². The summed E-state index contributed by atoms with van der Waals surface area (Å²) < 4.78 is 43.4. The summed E-state index contributed by atoms with van der Waals surface area (Å²) in [6.45, 7) is 4.07. The molecular formula is C12H23F3N4O. The lowest BCUT2D eigenvalue weighted by Gasteiger charge is -2.35. The van der Waals surface area contributed by atoms with Crippen LogP contribution in [0, 0.1) is 5.92 Å². The number of ether oxygens (including phenoxy) is 1. The number of nitrogens with one attached hydrogen (secondary N) is 1. The van der Waals surface area contributed by atoms with Crippen LogP contribution in [-0.2, 0) is 4.74 Å². The lowest BCUT2D eigenvalue weighted by atomic mass is 9.98. The first-order valence-corrected chi connectivity index (χ1v) is 6.89. The second-order valence-electron chi connectivity index (χ2n) is 4.73. The zero-order chi connectivity index (χ0) is 15.0. The van der Waals surface area contributed by atoms with Crippen LogP contribution in [0.5, 0.6) is 0 Å². The predicted molar refractivity (Wildman–Crippen MR) is 71.1 cm³/mol. The molecule has 5 nitrogen and oxygen atoms in total. The van der Waals surface area contributed by atoms with Gasteiger partial charge in [0.15, 0.2) is 0 Å². The summed E-state index contributed by atoms with van der Waals surface area (Å²) in [5.41, 5.74) is 2.40. The molecule has 1 unspecified atom stereocenters. The van der Waals surface area contributed by atoms with Gasteiger partial charge in [0, 0.05) is 32.8 Å². The summed E-state index contributed by atoms with van der Waals surface area (Å²) in [5, 5.41) is 0. The molecular weight excluding hydrogens is 273 g/mol. The Bertz CT molecular complexity index is 310. The Kier molecular flexibility index (Phi) is 7.08. The van der Waals surface area contributed by atoms with Crippen molar-refractivity contribution >= 4 is 5.96 Å². The highest BCUT2D eigenvalue weighted by Crippen LogP contribution is 2.32. The molecule has 1 aliphatic heterocycles. The van der Waals surface area contributed by atoms with Crippen molar-refractivity contribution in [3.8, 4) is 0 Å². The third-order valence-corrected chi connectivity index (χ3v) is 3.23. The minimum atomic E-state index is -4.16. The van der Waals surface area contributed by atoms with E-state index in [1.807, 2.05) is 6.92 Å². The summed E-state index contributed by atoms with van der Waals surface area (Å²) in [4.78, 5) is 5.79. The van der Waals surface area contributed by atoms with E-state index < -0.39 is 12.1 Å². The standard InChI is InChI=1S/C12H23F3N4O/c1-2-20-8-4-6-17-11(18-16)19-7-3-5-10(9-19)12(13,14)15/h10H,2-9,16H2,1H3,(H,17,18). The molecule has 0 saturated carbocycles. The smallest absolute Gasteiger partial charge is 0.382 e. The van der Waals surface area contributed by atoms with Gasteiger partial charge in [-0.05, 0) is 26.2 Å². The average Bonchev–Trinajstić information content (AvgIpc) is 2.42. The minimum Gasteiger partial charge on any atom is -0.382 e. The van der Waals surface area contributed by atoms with Gasteiger partial charge in [-0.15, -0.1) is 0 Å². The normalized spacial score (nSPS) is 21.1. The third-order valence-electron chi connectivity index (χ3n) is 3.23.